The van der Waals surface area contributed by atoms with Crippen LogP contribution in [0.25, 0.3) is 0 Å². The van der Waals surface area contributed by atoms with Gasteiger partial charge in [0.1, 0.15) is 22.9 Å². The molecule has 0 unspecified atom stereocenters. The number of ether oxygens (including phenoxy) is 1. The third-order valence-electron chi connectivity index (χ3n) is 4.17. The molecule has 1 fully saturated rings. The van der Waals surface area contributed by atoms with Gasteiger partial charge in [-0.1, -0.05) is 12.1 Å². The van der Waals surface area contributed by atoms with Gasteiger partial charge in [0.15, 0.2) is 0 Å². The molecule has 2 aromatic carbocycles. The summed E-state index contributed by atoms with van der Waals surface area (Å²) in [5.41, 5.74) is 0.650. The van der Waals surface area contributed by atoms with E-state index >= 15 is 0 Å². The van der Waals surface area contributed by atoms with E-state index in [0.717, 1.165) is 5.69 Å². The molecule has 0 radical (unpaired) electrons. The number of amides is 1. The average Bonchev–Trinajstić information content (AvgIpc) is 2.53. The molecule has 0 saturated carbocycles. The highest BCUT2D eigenvalue weighted by molar-refractivity contribution is 6.07. The zero-order valence-corrected chi connectivity index (χ0v) is 14.5. The van der Waals surface area contributed by atoms with Crippen molar-refractivity contribution in [2.75, 3.05) is 23.3 Å². The van der Waals surface area contributed by atoms with Crippen LogP contribution in [0.5, 0.6) is 5.75 Å². The third-order valence-corrected chi connectivity index (χ3v) is 4.17. The lowest BCUT2D eigenvalue weighted by Crippen LogP contribution is -2.45. The van der Waals surface area contributed by atoms with Crippen molar-refractivity contribution in [2.45, 2.75) is 26.1 Å². The number of phenolic OH excluding ortho intramolecular Hbond substituents is 1. The Labute approximate surface area is 150 Å². The molecule has 2 N–H and O–H groups in total. The third kappa shape index (κ3) is 3.77. The average molecular weight is 362 g/mol. The van der Waals surface area contributed by atoms with Crippen molar-refractivity contribution in [3.63, 3.8) is 0 Å². The van der Waals surface area contributed by atoms with E-state index in [0.29, 0.717) is 30.9 Å². The second-order valence-electron chi connectivity index (χ2n) is 6.42. The predicted octanol–water partition coefficient (Wildman–Crippen LogP) is 3.54. The predicted molar refractivity (Wildman–Crippen MR) is 94.6 cm³/mol. The quantitative estimate of drug-likeness (QED) is 0.877. The fourth-order valence-corrected chi connectivity index (χ4v) is 3.20. The van der Waals surface area contributed by atoms with Crippen molar-refractivity contribution in [1.29, 1.82) is 0 Å². The van der Waals surface area contributed by atoms with E-state index in [1.807, 2.05) is 26.0 Å². The first-order valence-electron chi connectivity index (χ1n) is 8.34. The molecule has 1 heterocycles. The molecule has 3 rings (SSSR count). The summed E-state index contributed by atoms with van der Waals surface area (Å²) in [4.78, 5) is 14.5. The molecule has 0 aliphatic carbocycles. The number of hydrogen-bond acceptors (Lipinski definition) is 4. The van der Waals surface area contributed by atoms with E-state index in [1.54, 1.807) is 12.1 Å². The molecule has 2 atom stereocenters. The monoisotopic (exact) mass is 362 g/mol. The maximum Gasteiger partial charge on any atom is 0.262 e. The van der Waals surface area contributed by atoms with Crippen LogP contribution in [0, 0.1) is 11.6 Å². The van der Waals surface area contributed by atoms with Gasteiger partial charge in [-0.15, -0.1) is 0 Å². The minimum absolute atomic E-state index is 0.0288. The Morgan fingerprint density at radius 3 is 2.50 bits per heavy atom. The fourth-order valence-electron chi connectivity index (χ4n) is 3.20. The maximum atomic E-state index is 13.9. The number of carbonyl (C=O) groups excluding carboxylic acids is 1. The van der Waals surface area contributed by atoms with Crippen molar-refractivity contribution in [3.05, 3.63) is 53.6 Å². The van der Waals surface area contributed by atoms with Crippen LogP contribution in [-0.4, -0.2) is 36.3 Å². The standard InChI is InChI=1S/C19H20F2N2O3/c1-11-9-23(10-12(2)26-11)16-6-4-3-5-15(16)22-19(25)18-14(21)7-13(20)8-17(18)24/h3-8,11-12,24H,9-10H2,1-2H3,(H,22,25)/t11-,12+. The highest BCUT2D eigenvalue weighted by atomic mass is 19.1. The first-order chi connectivity index (χ1) is 12.3. The van der Waals surface area contributed by atoms with Gasteiger partial charge >= 0.3 is 0 Å². The summed E-state index contributed by atoms with van der Waals surface area (Å²) in [6.07, 6.45) is 0.0576. The highest BCUT2D eigenvalue weighted by Gasteiger charge is 2.25. The molecular weight excluding hydrogens is 342 g/mol. The van der Waals surface area contributed by atoms with E-state index in [2.05, 4.69) is 10.2 Å². The van der Waals surface area contributed by atoms with Crippen molar-refractivity contribution in [1.82, 2.24) is 0 Å². The van der Waals surface area contributed by atoms with Crippen LogP contribution < -0.4 is 10.2 Å². The van der Waals surface area contributed by atoms with Gasteiger partial charge in [-0.05, 0) is 26.0 Å². The zero-order valence-electron chi connectivity index (χ0n) is 14.5. The number of nitrogens with zero attached hydrogens (tertiary/aromatic N) is 1. The van der Waals surface area contributed by atoms with Crippen molar-refractivity contribution >= 4 is 17.3 Å². The van der Waals surface area contributed by atoms with Crippen LogP contribution in [0.4, 0.5) is 20.2 Å². The molecule has 0 aromatic heterocycles. The second-order valence-corrected chi connectivity index (χ2v) is 6.42. The van der Waals surface area contributed by atoms with Crippen molar-refractivity contribution in [2.24, 2.45) is 0 Å². The largest absolute Gasteiger partial charge is 0.507 e. The molecular formula is C19H20F2N2O3. The summed E-state index contributed by atoms with van der Waals surface area (Å²) in [7, 11) is 0. The summed E-state index contributed by atoms with van der Waals surface area (Å²) in [5, 5.41) is 12.4. The van der Waals surface area contributed by atoms with E-state index < -0.39 is 28.9 Å². The Morgan fingerprint density at radius 1 is 1.19 bits per heavy atom. The number of rotatable bonds is 3. The van der Waals surface area contributed by atoms with Crippen LogP contribution >= 0.6 is 0 Å². The number of benzene rings is 2. The van der Waals surface area contributed by atoms with E-state index in [1.165, 1.54) is 0 Å². The smallest absolute Gasteiger partial charge is 0.262 e. The summed E-state index contributed by atoms with van der Waals surface area (Å²) in [5.74, 6) is -3.66. The number of morpholine rings is 1. The number of hydrogen-bond donors (Lipinski definition) is 2. The topological polar surface area (TPSA) is 61.8 Å². The fraction of sp³-hybridized carbons (Fsp3) is 0.316. The number of nitrogens with one attached hydrogen (secondary N) is 1. The number of para-hydroxylation sites is 2. The van der Waals surface area contributed by atoms with Crippen LogP contribution in [0.1, 0.15) is 24.2 Å². The molecule has 26 heavy (non-hydrogen) atoms. The lowest BCUT2D eigenvalue weighted by Gasteiger charge is -2.37. The van der Waals surface area contributed by atoms with Gasteiger partial charge < -0.3 is 20.1 Å². The molecule has 7 heteroatoms. The molecule has 1 aliphatic rings. The van der Waals surface area contributed by atoms with Gasteiger partial charge in [0.05, 0.1) is 23.6 Å². The number of anilines is 2. The van der Waals surface area contributed by atoms with Crippen molar-refractivity contribution < 1.29 is 23.4 Å². The Balaban J connectivity index is 1.88. The molecule has 0 spiro atoms. The van der Waals surface area contributed by atoms with E-state index in [9.17, 15) is 18.7 Å². The maximum absolute atomic E-state index is 13.9. The Hall–Kier alpha value is -2.67. The molecule has 1 saturated heterocycles. The van der Waals surface area contributed by atoms with Gasteiger partial charge in [0, 0.05) is 25.2 Å². The number of halogens is 2. The van der Waals surface area contributed by atoms with Crippen LogP contribution in [0.3, 0.4) is 0 Å². The first-order valence-corrected chi connectivity index (χ1v) is 8.34. The zero-order chi connectivity index (χ0) is 18.8. The lowest BCUT2D eigenvalue weighted by molar-refractivity contribution is -0.00517. The molecule has 2 aromatic rings. The Kier molecular flexibility index (Phi) is 5.08. The summed E-state index contributed by atoms with van der Waals surface area (Å²) < 4.78 is 32.8. The number of carbonyl (C=O) groups is 1. The molecule has 138 valence electrons. The van der Waals surface area contributed by atoms with E-state index in [-0.39, 0.29) is 12.2 Å². The van der Waals surface area contributed by atoms with Gasteiger partial charge in [0.25, 0.3) is 5.91 Å². The summed E-state index contributed by atoms with van der Waals surface area (Å²) in [6.45, 7) is 5.23. The Bertz CT molecular complexity index is 795. The van der Waals surface area contributed by atoms with Gasteiger partial charge in [-0.25, -0.2) is 8.78 Å². The normalized spacial score (nSPS) is 20.1. The van der Waals surface area contributed by atoms with Crippen LogP contribution in [0.2, 0.25) is 0 Å². The van der Waals surface area contributed by atoms with Crippen LogP contribution in [0.15, 0.2) is 36.4 Å². The molecule has 1 aliphatic heterocycles. The van der Waals surface area contributed by atoms with Crippen molar-refractivity contribution in [3.8, 4) is 5.75 Å². The number of phenols is 1. The molecule has 5 nitrogen and oxygen atoms in total. The van der Waals surface area contributed by atoms with Gasteiger partial charge in [-0.3, -0.25) is 4.79 Å². The molecule has 1 amide bonds. The Morgan fingerprint density at radius 2 is 1.85 bits per heavy atom. The highest BCUT2D eigenvalue weighted by Crippen LogP contribution is 2.30. The summed E-state index contributed by atoms with van der Waals surface area (Å²) >= 11 is 0. The lowest BCUT2D eigenvalue weighted by atomic mass is 10.1. The summed E-state index contributed by atoms with van der Waals surface area (Å²) in [6, 6.07) is 8.39. The van der Waals surface area contributed by atoms with Gasteiger partial charge in [-0.2, -0.15) is 0 Å². The van der Waals surface area contributed by atoms with E-state index in [4.69, 9.17) is 4.74 Å². The first kappa shape index (κ1) is 18.1. The second kappa shape index (κ2) is 7.29. The minimum Gasteiger partial charge on any atom is -0.507 e. The SMILES string of the molecule is C[C@@H]1CN(c2ccccc2NC(=O)c2c(O)cc(F)cc2F)C[C@H](C)O1. The molecule has 0 bridgehead atoms. The number of aromatic hydroxyl groups is 1. The van der Waals surface area contributed by atoms with Gasteiger partial charge in [0.2, 0.25) is 0 Å². The van der Waals surface area contributed by atoms with Crippen LogP contribution in [-0.2, 0) is 4.74 Å². The minimum atomic E-state index is -1.12.